The summed E-state index contributed by atoms with van der Waals surface area (Å²) in [6.45, 7) is 1.93. The SMILES string of the molecule is Cc1cccc(-c2cn(C)cc(C(=O)O)c2=O)c1. The summed E-state index contributed by atoms with van der Waals surface area (Å²) < 4.78 is 1.59. The Morgan fingerprint density at radius 2 is 2.00 bits per heavy atom. The third kappa shape index (κ3) is 2.18. The molecule has 0 amide bonds. The lowest BCUT2D eigenvalue weighted by atomic mass is 10.0. The van der Waals surface area contributed by atoms with Crippen LogP contribution in [0.3, 0.4) is 0 Å². The number of carboxylic acids is 1. The van der Waals surface area contributed by atoms with Crippen molar-refractivity contribution in [1.82, 2.24) is 4.57 Å². The van der Waals surface area contributed by atoms with Crippen LogP contribution in [0.2, 0.25) is 0 Å². The Bertz CT molecular complexity index is 671. The van der Waals surface area contributed by atoms with E-state index in [2.05, 4.69) is 0 Å². The minimum atomic E-state index is -1.20. The number of aromatic carboxylic acids is 1. The number of aryl methyl sites for hydroxylation is 2. The van der Waals surface area contributed by atoms with Crippen molar-refractivity contribution < 1.29 is 9.90 Å². The van der Waals surface area contributed by atoms with Gasteiger partial charge in [0.05, 0.1) is 0 Å². The molecule has 0 aliphatic carbocycles. The summed E-state index contributed by atoms with van der Waals surface area (Å²) in [5.74, 6) is -1.20. The van der Waals surface area contributed by atoms with E-state index in [1.54, 1.807) is 23.9 Å². The normalized spacial score (nSPS) is 10.3. The van der Waals surface area contributed by atoms with Crippen molar-refractivity contribution in [3.63, 3.8) is 0 Å². The molecule has 4 nitrogen and oxygen atoms in total. The smallest absolute Gasteiger partial charge is 0.341 e. The van der Waals surface area contributed by atoms with Gasteiger partial charge in [0, 0.05) is 25.0 Å². The van der Waals surface area contributed by atoms with Crippen LogP contribution in [0.25, 0.3) is 11.1 Å². The van der Waals surface area contributed by atoms with Crippen molar-refractivity contribution in [2.24, 2.45) is 7.05 Å². The number of hydrogen-bond donors (Lipinski definition) is 1. The maximum absolute atomic E-state index is 12.1. The van der Waals surface area contributed by atoms with Crippen molar-refractivity contribution in [1.29, 1.82) is 0 Å². The third-order valence-electron chi connectivity index (χ3n) is 2.71. The molecule has 1 aromatic carbocycles. The summed E-state index contributed by atoms with van der Waals surface area (Å²) in [5.41, 5.74) is 1.50. The molecule has 2 aromatic rings. The van der Waals surface area contributed by atoms with E-state index < -0.39 is 11.4 Å². The molecule has 0 saturated carbocycles. The average Bonchev–Trinajstić information content (AvgIpc) is 2.31. The molecule has 0 fully saturated rings. The van der Waals surface area contributed by atoms with Gasteiger partial charge in [-0.1, -0.05) is 29.8 Å². The van der Waals surface area contributed by atoms with Crippen molar-refractivity contribution in [2.75, 3.05) is 0 Å². The Hall–Kier alpha value is -2.36. The van der Waals surface area contributed by atoms with Crippen molar-refractivity contribution in [3.8, 4) is 11.1 Å². The van der Waals surface area contributed by atoms with Crippen LogP contribution < -0.4 is 5.43 Å². The lowest BCUT2D eigenvalue weighted by Gasteiger charge is -2.07. The van der Waals surface area contributed by atoms with Crippen LogP contribution in [0.15, 0.2) is 41.5 Å². The molecule has 0 aliphatic heterocycles. The van der Waals surface area contributed by atoms with Crippen LogP contribution >= 0.6 is 0 Å². The molecule has 1 heterocycles. The zero-order chi connectivity index (χ0) is 13.3. The highest BCUT2D eigenvalue weighted by molar-refractivity contribution is 5.88. The van der Waals surface area contributed by atoms with Gasteiger partial charge in [0.2, 0.25) is 5.43 Å². The first-order valence-electron chi connectivity index (χ1n) is 5.49. The standard InChI is InChI=1S/C14H13NO3/c1-9-4-3-5-10(6-9)11-7-15(2)8-12(13(11)16)14(17)18/h3-8H,1-2H3,(H,17,18). The second-order valence-electron chi connectivity index (χ2n) is 4.25. The summed E-state index contributed by atoms with van der Waals surface area (Å²) in [7, 11) is 1.70. The van der Waals surface area contributed by atoms with E-state index in [-0.39, 0.29) is 5.56 Å². The largest absolute Gasteiger partial charge is 0.477 e. The molecular formula is C14H13NO3. The quantitative estimate of drug-likeness (QED) is 0.878. The zero-order valence-electron chi connectivity index (χ0n) is 10.2. The fourth-order valence-electron chi connectivity index (χ4n) is 1.88. The highest BCUT2D eigenvalue weighted by atomic mass is 16.4. The maximum atomic E-state index is 12.1. The highest BCUT2D eigenvalue weighted by Crippen LogP contribution is 2.17. The number of pyridine rings is 1. The summed E-state index contributed by atoms with van der Waals surface area (Å²) in [4.78, 5) is 23.1. The van der Waals surface area contributed by atoms with Crippen LogP contribution in [0.1, 0.15) is 15.9 Å². The van der Waals surface area contributed by atoms with E-state index in [9.17, 15) is 9.59 Å². The number of aromatic nitrogens is 1. The van der Waals surface area contributed by atoms with E-state index in [0.29, 0.717) is 5.56 Å². The van der Waals surface area contributed by atoms with E-state index >= 15 is 0 Å². The van der Waals surface area contributed by atoms with Gasteiger partial charge in [-0.3, -0.25) is 4.79 Å². The summed E-state index contributed by atoms with van der Waals surface area (Å²) in [6, 6.07) is 7.43. The second kappa shape index (κ2) is 4.49. The number of hydrogen-bond acceptors (Lipinski definition) is 2. The van der Waals surface area contributed by atoms with Crippen LogP contribution in [-0.4, -0.2) is 15.6 Å². The Balaban J connectivity index is 2.72. The third-order valence-corrected chi connectivity index (χ3v) is 2.71. The Morgan fingerprint density at radius 3 is 2.61 bits per heavy atom. The first-order valence-corrected chi connectivity index (χ1v) is 5.49. The fourth-order valence-corrected chi connectivity index (χ4v) is 1.88. The minimum Gasteiger partial charge on any atom is -0.477 e. The molecule has 0 saturated heterocycles. The van der Waals surface area contributed by atoms with Gasteiger partial charge in [0.1, 0.15) is 5.56 Å². The number of rotatable bonds is 2. The van der Waals surface area contributed by atoms with Crippen LogP contribution in [0.5, 0.6) is 0 Å². The molecule has 2 rings (SSSR count). The monoisotopic (exact) mass is 243 g/mol. The van der Waals surface area contributed by atoms with Gasteiger partial charge in [0.15, 0.2) is 0 Å². The van der Waals surface area contributed by atoms with Gasteiger partial charge in [0.25, 0.3) is 0 Å². The van der Waals surface area contributed by atoms with Crippen LogP contribution in [0, 0.1) is 6.92 Å². The molecule has 1 N–H and O–H groups in total. The molecule has 0 spiro atoms. The second-order valence-corrected chi connectivity index (χ2v) is 4.25. The van der Waals surface area contributed by atoms with Crippen molar-refractivity contribution >= 4 is 5.97 Å². The topological polar surface area (TPSA) is 59.3 Å². The predicted octanol–water partition coefficient (Wildman–Crippen LogP) is 2.06. The predicted molar refractivity (Wildman–Crippen MR) is 68.8 cm³/mol. The minimum absolute atomic E-state index is 0.212. The van der Waals surface area contributed by atoms with Gasteiger partial charge in [-0.05, 0) is 12.5 Å². The molecule has 4 heteroatoms. The van der Waals surface area contributed by atoms with Gasteiger partial charge in [-0.2, -0.15) is 0 Å². The van der Waals surface area contributed by atoms with Gasteiger partial charge in [-0.15, -0.1) is 0 Å². The maximum Gasteiger partial charge on any atom is 0.341 e. The highest BCUT2D eigenvalue weighted by Gasteiger charge is 2.14. The summed E-state index contributed by atoms with van der Waals surface area (Å²) in [6.07, 6.45) is 2.97. The molecule has 0 aliphatic rings. The molecular weight excluding hydrogens is 230 g/mol. The lowest BCUT2D eigenvalue weighted by molar-refractivity contribution is 0.0694. The van der Waals surface area contributed by atoms with Crippen molar-refractivity contribution in [2.45, 2.75) is 6.92 Å². The first kappa shape index (κ1) is 12.1. The first-order chi connectivity index (χ1) is 8.49. The van der Waals surface area contributed by atoms with E-state index in [0.717, 1.165) is 11.1 Å². The Labute approximate surface area is 104 Å². The van der Waals surface area contributed by atoms with Gasteiger partial charge >= 0.3 is 5.97 Å². The Morgan fingerprint density at radius 1 is 1.28 bits per heavy atom. The van der Waals surface area contributed by atoms with E-state index in [4.69, 9.17) is 5.11 Å². The fraction of sp³-hybridized carbons (Fsp3) is 0.143. The molecule has 1 aromatic heterocycles. The molecule has 92 valence electrons. The number of carboxylic acid groups (broad SMARTS) is 1. The molecule has 18 heavy (non-hydrogen) atoms. The number of carbonyl (C=O) groups is 1. The van der Waals surface area contributed by atoms with Gasteiger partial charge < -0.3 is 9.67 Å². The number of benzene rings is 1. The summed E-state index contributed by atoms with van der Waals surface area (Å²) in [5, 5.41) is 9.00. The van der Waals surface area contributed by atoms with Crippen LogP contribution in [-0.2, 0) is 7.05 Å². The lowest BCUT2D eigenvalue weighted by Crippen LogP contribution is -2.18. The molecule has 0 radical (unpaired) electrons. The zero-order valence-corrected chi connectivity index (χ0v) is 10.2. The molecule has 0 bridgehead atoms. The van der Waals surface area contributed by atoms with E-state index in [1.807, 2.05) is 25.1 Å². The Kier molecular flexibility index (Phi) is 3.02. The average molecular weight is 243 g/mol. The van der Waals surface area contributed by atoms with Crippen molar-refractivity contribution in [3.05, 3.63) is 58.0 Å². The summed E-state index contributed by atoms with van der Waals surface area (Å²) >= 11 is 0. The molecule has 0 unspecified atom stereocenters. The van der Waals surface area contributed by atoms with Gasteiger partial charge in [-0.25, -0.2) is 4.79 Å². The number of nitrogens with zero attached hydrogens (tertiary/aromatic N) is 1. The van der Waals surface area contributed by atoms with E-state index in [1.165, 1.54) is 6.20 Å². The molecule has 0 atom stereocenters. The van der Waals surface area contributed by atoms with Crippen LogP contribution in [0.4, 0.5) is 0 Å².